The number of rotatable bonds is 3. The lowest BCUT2D eigenvalue weighted by Crippen LogP contribution is -1.98. The smallest absolute Gasteiger partial charge is 0.231 e. The molecule has 0 N–H and O–H groups in total. The molecule has 1 heterocycles. The largest absolute Gasteiger partial charge is 0.494 e. The van der Waals surface area contributed by atoms with Gasteiger partial charge in [0.15, 0.2) is 5.76 Å². The number of ketones is 1. The molecule has 2 aromatic carbocycles. The number of hydrogen-bond acceptors (Lipinski definition) is 3. The van der Waals surface area contributed by atoms with Crippen LogP contribution in [0.2, 0.25) is 0 Å². The summed E-state index contributed by atoms with van der Waals surface area (Å²) in [6.45, 7) is 2.41. The zero-order valence-corrected chi connectivity index (χ0v) is 11.4. The Hall–Kier alpha value is -2.62. The number of Topliss-reactive ketones (excluding diaryl/α,β-unsaturated/α-hetero) is 1. The number of carbonyl (C=O) groups is 1. The van der Waals surface area contributed by atoms with E-state index in [9.17, 15) is 9.18 Å². The minimum absolute atomic E-state index is 0.115. The molecule has 0 fully saturated rings. The minimum atomic E-state index is -0.396. The first-order valence-corrected chi connectivity index (χ1v) is 6.64. The summed E-state index contributed by atoms with van der Waals surface area (Å²) in [7, 11) is 0. The van der Waals surface area contributed by atoms with Crippen LogP contribution in [0.4, 0.5) is 4.39 Å². The van der Waals surface area contributed by atoms with E-state index in [1.807, 2.05) is 6.92 Å². The van der Waals surface area contributed by atoms with Gasteiger partial charge in [-0.05, 0) is 31.2 Å². The van der Waals surface area contributed by atoms with E-state index < -0.39 is 5.82 Å². The van der Waals surface area contributed by atoms with Crippen molar-refractivity contribution in [3.05, 3.63) is 65.2 Å². The Kier molecular flexibility index (Phi) is 3.44. The second-order valence-electron chi connectivity index (χ2n) is 4.55. The van der Waals surface area contributed by atoms with Crippen LogP contribution in [0.25, 0.3) is 6.08 Å². The summed E-state index contributed by atoms with van der Waals surface area (Å²) in [6, 6.07) is 11.3. The monoisotopic (exact) mass is 284 g/mol. The highest BCUT2D eigenvalue weighted by Gasteiger charge is 2.27. The van der Waals surface area contributed by atoms with Crippen LogP contribution in [0, 0.1) is 5.82 Å². The van der Waals surface area contributed by atoms with E-state index in [2.05, 4.69) is 0 Å². The van der Waals surface area contributed by atoms with Crippen LogP contribution < -0.4 is 9.47 Å². The lowest BCUT2D eigenvalue weighted by molar-refractivity contribution is 0.101. The number of benzene rings is 2. The van der Waals surface area contributed by atoms with Crippen LogP contribution in [-0.2, 0) is 0 Å². The molecule has 4 heteroatoms. The number of carbonyl (C=O) groups excluding carboxylic acids is 1. The lowest BCUT2D eigenvalue weighted by atomic mass is 10.1. The van der Waals surface area contributed by atoms with Gasteiger partial charge in [0.25, 0.3) is 0 Å². The molecule has 0 amide bonds. The van der Waals surface area contributed by atoms with E-state index in [1.54, 1.807) is 36.4 Å². The zero-order chi connectivity index (χ0) is 14.8. The molecule has 0 aromatic heterocycles. The highest BCUT2D eigenvalue weighted by molar-refractivity contribution is 6.14. The Morgan fingerprint density at radius 2 is 2.05 bits per heavy atom. The van der Waals surface area contributed by atoms with Crippen molar-refractivity contribution >= 4 is 11.9 Å². The molecule has 0 aliphatic carbocycles. The first kappa shape index (κ1) is 13.4. The molecule has 21 heavy (non-hydrogen) atoms. The number of allylic oxidation sites excluding steroid dienone is 1. The molecule has 3 rings (SSSR count). The van der Waals surface area contributed by atoms with Crippen LogP contribution in [0.3, 0.4) is 0 Å². The highest BCUT2D eigenvalue weighted by Crippen LogP contribution is 2.35. The highest BCUT2D eigenvalue weighted by atomic mass is 19.1. The fraction of sp³-hybridized carbons (Fsp3) is 0.118. The van der Waals surface area contributed by atoms with Crippen LogP contribution in [-0.4, -0.2) is 12.4 Å². The van der Waals surface area contributed by atoms with Crippen molar-refractivity contribution < 1.29 is 18.7 Å². The van der Waals surface area contributed by atoms with Crippen molar-refractivity contribution in [3.8, 4) is 11.5 Å². The van der Waals surface area contributed by atoms with E-state index in [0.717, 1.165) is 0 Å². The van der Waals surface area contributed by atoms with Crippen molar-refractivity contribution in [1.82, 2.24) is 0 Å². The van der Waals surface area contributed by atoms with Crippen molar-refractivity contribution in [2.24, 2.45) is 0 Å². The molecule has 106 valence electrons. The summed E-state index contributed by atoms with van der Waals surface area (Å²) < 4.78 is 24.5. The number of halogens is 1. The normalized spacial score (nSPS) is 15.0. The summed E-state index contributed by atoms with van der Waals surface area (Å²) in [4.78, 5) is 12.2. The SMILES string of the molecule is CCOc1ccc2c(c1)OC(=Cc1ccccc1F)C2=O. The first-order valence-electron chi connectivity index (χ1n) is 6.64. The molecule has 3 nitrogen and oxygen atoms in total. The van der Waals surface area contributed by atoms with Crippen LogP contribution in [0.15, 0.2) is 48.2 Å². The molecular formula is C17H13FO3. The van der Waals surface area contributed by atoms with Gasteiger partial charge in [-0.2, -0.15) is 0 Å². The zero-order valence-electron chi connectivity index (χ0n) is 11.4. The Balaban J connectivity index is 1.95. The quantitative estimate of drug-likeness (QED) is 0.803. The average molecular weight is 284 g/mol. The molecule has 0 unspecified atom stereocenters. The molecular weight excluding hydrogens is 271 g/mol. The second kappa shape index (κ2) is 5.40. The average Bonchev–Trinajstić information content (AvgIpc) is 2.78. The lowest BCUT2D eigenvalue weighted by Gasteiger charge is -2.03. The second-order valence-corrected chi connectivity index (χ2v) is 4.55. The number of fused-ring (bicyclic) bond motifs is 1. The summed E-state index contributed by atoms with van der Waals surface area (Å²) in [5, 5.41) is 0. The van der Waals surface area contributed by atoms with Gasteiger partial charge in [0.1, 0.15) is 17.3 Å². The van der Waals surface area contributed by atoms with Crippen LogP contribution in [0.5, 0.6) is 11.5 Å². The number of hydrogen-bond donors (Lipinski definition) is 0. The molecule has 0 saturated heterocycles. The fourth-order valence-corrected chi connectivity index (χ4v) is 2.16. The van der Waals surface area contributed by atoms with E-state index >= 15 is 0 Å². The summed E-state index contributed by atoms with van der Waals surface area (Å²) >= 11 is 0. The van der Waals surface area contributed by atoms with E-state index in [0.29, 0.717) is 29.2 Å². The van der Waals surface area contributed by atoms with Gasteiger partial charge in [-0.25, -0.2) is 4.39 Å². The summed E-state index contributed by atoms with van der Waals surface area (Å²) in [6.07, 6.45) is 1.41. The molecule has 0 saturated carbocycles. The Morgan fingerprint density at radius 3 is 2.81 bits per heavy atom. The molecule has 0 spiro atoms. The minimum Gasteiger partial charge on any atom is -0.494 e. The molecule has 0 bridgehead atoms. The van der Waals surface area contributed by atoms with Crippen molar-refractivity contribution in [2.45, 2.75) is 6.92 Å². The Bertz CT molecular complexity index is 735. The van der Waals surface area contributed by atoms with Crippen molar-refractivity contribution in [2.75, 3.05) is 6.61 Å². The third-order valence-corrected chi connectivity index (χ3v) is 3.14. The van der Waals surface area contributed by atoms with Crippen molar-refractivity contribution in [3.63, 3.8) is 0 Å². The van der Waals surface area contributed by atoms with E-state index in [-0.39, 0.29) is 11.5 Å². The molecule has 0 atom stereocenters. The van der Waals surface area contributed by atoms with E-state index in [4.69, 9.17) is 9.47 Å². The summed E-state index contributed by atoms with van der Waals surface area (Å²) in [5.74, 6) is 0.539. The topological polar surface area (TPSA) is 35.5 Å². The predicted molar refractivity (Wildman–Crippen MR) is 76.9 cm³/mol. The third-order valence-electron chi connectivity index (χ3n) is 3.14. The van der Waals surface area contributed by atoms with Gasteiger partial charge in [0.2, 0.25) is 5.78 Å². The van der Waals surface area contributed by atoms with Crippen LogP contribution in [0.1, 0.15) is 22.8 Å². The maximum absolute atomic E-state index is 13.6. The van der Waals surface area contributed by atoms with E-state index in [1.165, 1.54) is 12.1 Å². The van der Waals surface area contributed by atoms with Crippen LogP contribution >= 0.6 is 0 Å². The first-order chi connectivity index (χ1) is 10.2. The summed E-state index contributed by atoms with van der Waals surface area (Å²) in [5.41, 5.74) is 0.778. The Morgan fingerprint density at radius 1 is 1.24 bits per heavy atom. The molecule has 1 aliphatic rings. The van der Waals surface area contributed by atoms with Gasteiger partial charge in [-0.15, -0.1) is 0 Å². The number of ether oxygens (including phenoxy) is 2. The Labute approximate surface area is 121 Å². The maximum atomic E-state index is 13.6. The predicted octanol–water partition coefficient (Wildman–Crippen LogP) is 3.84. The van der Waals surface area contributed by atoms with Gasteiger partial charge in [0.05, 0.1) is 12.2 Å². The third kappa shape index (κ3) is 2.52. The van der Waals surface area contributed by atoms with Gasteiger partial charge >= 0.3 is 0 Å². The molecule has 0 radical (unpaired) electrons. The van der Waals surface area contributed by atoms with Gasteiger partial charge < -0.3 is 9.47 Å². The van der Waals surface area contributed by atoms with Gasteiger partial charge in [0, 0.05) is 11.6 Å². The maximum Gasteiger partial charge on any atom is 0.231 e. The van der Waals surface area contributed by atoms with Gasteiger partial charge in [-0.1, -0.05) is 18.2 Å². The fourth-order valence-electron chi connectivity index (χ4n) is 2.16. The van der Waals surface area contributed by atoms with Crippen molar-refractivity contribution in [1.29, 1.82) is 0 Å². The molecule has 1 aliphatic heterocycles. The molecule has 2 aromatic rings. The van der Waals surface area contributed by atoms with Gasteiger partial charge in [-0.3, -0.25) is 4.79 Å². The standard InChI is InChI=1S/C17H13FO3/c1-2-20-12-7-8-13-15(10-12)21-16(17(13)19)9-11-5-3-4-6-14(11)18/h3-10H,2H2,1H3.